The third-order valence-electron chi connectivity index (χ3n) is 2.72. The minimum absolute atomic E-state index is 0.587. The van der Waals surface area contributed by atoms with E-state index in [9.17, 15) is 0 Å². The highest BCUT2D eigenvalue weighted by Crippen LogP contribution is 2.25. The predicted molar refractivity (Wildman–Crippen MR) is 56.1 cm³/mol. The molecule has 1 aliphatic heterocycles. The molecule has 1 atom stereocenters. The van der Waals surface area contributed by atoms with Crippen molar-refractivity contribution in [2.75, 3.05) is 6.61 Å². The monoisotopic (exact) mass is 184 g/mol. The van der Waals surface area contributed by atoms with E-state index in [0.717, 1.165) is 6.61 Å². The Bertz CT molecular complexity index is 148. The molecule has 1 rings (SSSR count). The second-order valence-electron chi connectivity index (χ2n) is 4.34. The lowest BCUT2D eigenvalue weighted by Gasteiger charge is -2.34. The normalized spacial score (nSPS) is 25.3. The van der Waals surface area contributed by atoms with Gasteiger partial charge in [0.2, 0.25) is 0 Å². The lowest BCUT2D eigenvalue weighted by Crippen LogP contribution is -2.44. The highest BCUT2D eigenvalue weighted by molar-refractivity contribution is 6.79. The maximum atomic E-state index is 5.81. The highest BCUT2D eigenvalue weighted by atomic mass is 28.3. The molecule has 1 aliphatic rings. The van der Waals surface area contributed by atoms with E-state index in [-0.39, 0.29) is 0 Å². The van der Waals surface area contributed by atoms with Gasteiger partial charge in [0.25, 0.3) is 0 Å². The van der Waals surface area contributed by atoms with Gasteiger partial charge in [0.1, 0.15) is 0 Å². The van der Waals surface area contributed by atoms with Crippen molar-refractivity contribution in [3.8, 4) is 0 Å². The van der Waals surface area contributed by atoms with E-state index in [1.54, 1.807) is 0 Å². The van der Waals surface area contributed by atoms with Crippen molar-refractivity contribution in [3.05, 3.63) is 12.7 Å². The van der Waals surface area contributed by atoms with E-state index in [0.29, 0.717) is 5.73 Å². The van der Waals surface area contributed by atoms with Crippen LogP contribution in [0.5, 0.6) is 0 Å². The van der Waals surface area contributed by atoms with E-state index in [4.69, 9.17) is 4.74 Å². The lowest BCUT2D eigenvalue weighted by molar-refractivity contribution is 0.0600. The SMILES string of the molecule is C=CC[Si](C)(C)C1CCCCO1. The fourth-order valence-electron chi connectivity index (χ4n) is 1.86. The third kappa shape index (κ3) is 2.46. The Morgan fingerprint density at radius 1 is 1.50 bits per heavy atom. The lowest BCUT2D eigenvalue weighted by atomic mass is 10.2. The minimum Gasteiger partial charge on any atom is -0.382 e. The minimum atomic E-state index is -1.14. The van der Waals surface area contributed by atoms with E-state index >= 15 is 0 Å². The molecular formula is C10H20OSi. The van der Waals surface area contributed by atoms with Gasteiger partial charge in [-0.3, -0.25) is 0 Å². The molecule has 1 saturated heterocycles. The summed E-state index contributed by atoms with van der Waals surface area (Å²) >= 11 is 0. The zero-order valence-electron chi connectivity index (χ0n) is 8.31. The van der Waals surface area contributed by atoms with Gasteiger partial charge in [-0.25, -0.2) is 0 Å². The molecule has 12 heavy (non-hydrogen) atoms. The second kappa shape index (κ2) is 4.24. The van der Waals surface area contributed by atoms with Crippen molar-refractivity contribution in [2.45, 2.75) is 44.1 Å². The first-order valence-corrected chi connectivity index (χ1v) is 8.18. The van der Waals surface area contributed by atoms with Crippen LogP contribution in [0.3, 0.4) is 0 Å². The van der Waals surface area contributed by atoms with Gasteiger partial charge in [-0.2, -0.15) is 0 Å². The summed E-state index contributed by atoms with van der Waals surface area (Å²) in [5, 5.41) is 0. The van der Waals surface area contributed by atoms with E-state index in [2.05, 4.69) is 25.7 Å². The van der Waals surface area contributed by atoms with E-state index in [1.165, 1.54) is 25.3 Å². The molecule has 0 aromatic heterocycles. The van der Waals surface area contributed by atoms with Crippen LogP contribution in [0.1, 0.15) is 19.3 Å². The van der Waals surface area contributed by atoms with Crippen molar-refractivity contribution in [3.63, 3.8) is 0 Å². The van der Waals surface area contributed by atoms with Crippen LogP contribution < -0.4 is 0 Å². The average molecular weight is 184 g/mol. The van der Waals surface area contributed by atoms with Gasteiger partial charge in [0.05, 0.1) is 8.07 Å². The summed E-state index contributed by atoms with van der Waals surface area (Å²) in [7, 11) is -1.14. The van der Waals surface area contributed by atoms with Crippen molar-refractivity contribution in [1.29, 1.82) is 0 Å². The van der Waals surface area contributed by atoms with Crippen molar-refractivity contribution in [1.82, 2.24) is 0 Å². The topological polar surface area (TPSA) is 9.23 Å². The first-order chi connectivity index (χ1) is 5.67. The summed E-state index contributed by atoms with van der Waals surface area (Å²) in [6, 6.07) is 1.19. The van der Waals surface area contributed by atoms with Crippen molar-refractivity contribution < 1.29 is 4.74 Å². The Morgan fingerprint density at radius 3 is 2.75 bits per heavy atom. The number of allylic oxidation sites excluding steroid dienone is 1. The molecule has 0 N–H and O–H groups in total. The Morgan fingerprint density at radius 2 is 2.25 bits per heavy atom. The van der Waals surface area contributed by atoms with Crippen LogP contribution in [0.4, 0.5) is 0 Å². The molecule has 0 aromatic rings. The van der Waals surface area contributed by atoms with E-state index < -0.39 is 8.07 Å². The van der Waals surface area contributed by atoms with Gasteiger partial charge in [0, 0.05) is 12.3 Å². The van der Waals surface area contributed by atoms with Crippen LogP contribution in [0.25, 0.3) is 0 Å². The summed E-state index contributed by atoms with van der Waals surface area (Å²) in [5.74, 6) is 0. The van der Waals surface area contributed by atoms with Crippen molar-refractivity contribution >= 4 is 8.07 Å². The standard InChI is InChI=1S/C10H20OSi/c1-4-9-12(2,3)10-7-5-6-8-11-10/h4,10H,1,5-9H2,2-3H3. The molecule has 1 heterocycles. The highest BCUT2D eigenvalue weighted by Gasteiger charge is 2.32. The molecule has 1 unspecified atom stereocenters. The maximum Gasteiger partial charge on any atom is 0.0852 e. The van der Waals surface area contributed by atoms with Gasteiger partial charge in [-0.05, 0) is 25.3 Å². The molecule has 0 radical (unpaired) electrons. The van der Waals surface area contributed by atoms with Gasteiger partial charge in [-0.1, -0.05) is 19.2 Å². The Kier molecular flexibility index (Phi) is 3.53. The van der Waals surface area contributed by atoms with Crippen LogP contribution in [0, 0.1) is 0 Å². The van der Waals surface area contributed by atoms with Crippen LogP contribution in [-0.2, 0) is 4.74 Å². The largest absolute Gasteiger partial charge is 0.382 e. The molecule has 0 aliphatic carbocycles. The van der Waals surface area contributed by atoms with Crippen LogP contribution in [-0.4, -0.2) is 20.4 Å². The molecule has 0 bridgehead atoms. The zero-order chi connectivity index (χ0) is 9.03. The molecular weight excluding hydrogens is 164 g/mol. The molecule has 2 heteroatoms. The Balaban J connectivity index is 2.47. The Labute approximate surface area is 76.8 Å². The van der Waals surface area contributed by atoms with Crippen molar-refractivity contribution in [2.24, 2.45) is 0 Å². The van der Waals surface area contributed by atoms with Gasteiger partial charge in [0.15, 0.2) is 0 Å². The first-order valence-electron chi connectivity index (χ1n) is 4.89. The number of rotatable bonds is 3. The molecule has 0 saturated carbocycles. The molecule has 1 nitrogen and oxygen atoms in total. The molecule has 1 fully saturated rings. The zero-order valence-corrected chi connectivity index (χ0v) is 9.31. The number of ether oxygens (including phenoxy) is 1. The van der Waals surface area contributed by atoms with Crippen LogP contribution in [0.15, 0.2) is 12.7 Å². The quantitative estimate of drug-likeness (QED) is 0.484. The summed E-state index contributed by atoms with van der Waals surface area (Å²) in [6.07, 6.45) is 5.96. The summed E-state index contributed by atoms with van der Waals surface area (Å²) in [6.45, 7) is 9.62. The summed E-state index contributed by atoms with van der Waals surface area (Å²) in [4.78, 5) is 0. The molecule has 0 aromatic carbocycles. The van der Waals surface area contributed by atoms with Crippen LogP contribution in [0.2, 0.25) is 19.1 Å². The molecule has 70 valence electrons. The van der Waals surface area contributed by atoms with Crippen LogP contribution >= 0.6 is 0 Å². The summed E-state index contributed by atoms with van der Waals surface area (Å²) in [5.41, 5.74) is 0.587. The first kappa shape index (κ1) is 10.0. The van der Waals surface area contributed by atoms with Gasteiger partial charge >= 0.3 is 0 Å². The van der Waals surface area contributed by atoms with E-state index in [1.807, 2.05) is 0 Å². The number of hydrogen-bond acceptors (Lipinski definition) is 1. The molecule has 0 amide bonds. The fourth-order valence-corrected chi connectivity index (χ4v) is 4.42. The third-order valence-corrected chi connectivity index (χ3v) is 6.26. The van der Waals surface area contributed by atoms with Gasteiger partial charge < -0.3 is 4.74 Å². The van der Waals surface area contributed by atoms with Gasteiger partial charge in [-0.15, -0.1) is 6.58 Å². The fraction of sp³-hybridized carbons (Fsp3) is 0.800. The second-order valence-corrected chi connectivity index (χ2v) is 9.37. The average Bonchev–Trinajstić information content (AvgIpc) is 2.06. The Hall–Kier alpha value is -0.0831. The predicted octanol–water partition coefficient (Wildman–Crippen LogP) is 2.99. The maximum absolute atomic E-state index is 5.81. The number of hydrogen-bond donors (Lipinski definition) is 0. The molecule has 0 spiro atoms. The smallest absolute Gasteiger partial charge is 0.0852 e. The summed E-state index contributed by atoms with van der Waals surface area (Å²) < 4.78 is 5.81.